The van der Waals surface area contributed by atoms with Crippen LogP contribution in [0.25, 0.3) is 0 Å². The van der Waals surface area contributed by atoms with E-state index in [1.165, 1.54) is 0 Å². The van der Waals surface area contributed by atoms with Crippen LogP contribution in [0, 0.1) is 16.7 Å². The first-order chi connectivity index (χ1) is 11.1. The fraction of sp³-hybridized carbons (Fsp3) is 0.211. The van der Waals surface area contributed by atoms with Crippen LogP contribution in [0.2, 0.25) is 0 Å². The van der Waals surface area contributed by atoms with E-state index in [9.17, 15) is 14.9 Å². The number of fused-ring (bicyclic) bond motifs is 1. The molecule has 1 aliphatic rings. The zero-order valence-corrected chi connectivity index (χ0v) is 12.6. The molecule has 0 radical (unpaired) electrons. The maximum atomic E-state index is 12.4. The summed E-state index contributed by atoms with van der Waals surface area (Å²) in [6.07, 6.45) is 0.734. The van der Waals surface area contributed by atoms with E-state index in [0.29, 0.717) is 12.0 Å². The topological polar surface area (TPSA) is 70.0 Å². The molecule has 23 heavy (non-hydrogen) atoms. The predicted octanol–water partition coefficient (Wildman–Crippen LogP) is 3.35. The quantitative estimate of drug-likeness (QED) is 0.881. The third-order valence-electron chi connectivity index (χ3n) is 4.28. The van der Waals surface area contributed by atoms with Crippen molar-refractivity contribution in [1.82, 2.24) is 0 Å². The van der Waals surface area contributed by atoms with Gasteiger partial charge in [0.2, 0.25) is 5.91 Å². The van der Waals surface area contributed by atoms with Gasteiger partial charge in [-0.25, -0.2) is 0 Å². The summed E-state index contributed by atoms with van der Waals surface area (Å²) in [5.74, 6) is -0.369. The first kappa shape index (κ1) is 15.0. The number of nitriles is 1. The Hall–Kier alpha value is -2.93. The standard InChI is InChI=1S/C19H16N2O2/c20-13-19(11-10-17(22)14-6-2-1-3-7-14)12-15-8-4-5-9-16(15)21-18(19)23/h1-9H,10-12H2,(H,21,23)/t19-/m0/s1. The smallest absolute Gasteiger partial charge is 0.245 e. The lowest BCUT2D eigenvalue weighted by atomic mass is 9.75. The number of ketones is 1. The average Bonchev–Trinajstić information content (AvgIpc) is 2.60. The molecule has 4 heteroatoms. The van der Waals surface area contributed by atoms with Crippen LogP contribution < -0.4 is 5.32 Å². The Bertz CT molecular complexity index is 793. The highest BCUT2D eigenvalue weighted by Gasteiger charge is 2.42. The van der Waals surface area contributed by atoms with Gasteiger partial charge in [-0.2, -0.15) is 5.26 Å². The van der Waals surface area contributed by atoms with E-state index in [4.69, 9.17) is 0 Å². The van der Waals surface area contributed by atoms with Gasteiger partial charge in [0.05, 0.1) is 6.07 Å². The molecule has 0 aliphatic carbocycles. The Morgan fingerprint density at radius 2 is 1.83 bits per heavy atom. The second-order valence-corrected chi connectivity index (χ2v) is 5.77. The number of benzene rings is 2. The Morgan fingerprint density at radius 1 is 1.13 bits per heavy atom. The lowest BCUT2D eigenvalue weighted by Crippen LogP contribution is -2.41. The van der Waals surface area contributed by atoms with Crippen molar-refractivity contribution in [3.05, 3.63) is 65.7 Å². The first-order valence-corrected chi connectivity index (χ1v) is 7.53. The van der Waals surface area contributed by atoms with E-state index < -0.39 is 5.41 Å². The highest BCUT2D eigenvalue weighted by Crippen LogP contribution is 2.37. The molecule has 0 unspecified atom stereocenters. The van der Waals surface area contributed by atoms with Crippen LogP contribution in [0.3, 0.4) is 0 Å². The molecular weight excluding hydrogens is 288 g/mol. The zero-order chi connectivity index (χ0) is 16.3. The Balaban J connectivity index is 1.79. The van der Waals surface area contributed by atoms with Crippen molar-refractivity contribution >= 4 is 17.4 Å². The summed E-state index contributed by atoms with van der Waals surface area (Å²) in [5.41, 5.74) is 1.11. The van der Waals surface area contributed by atoms with Gasteiger partial charge in [0, 0.05) is 24.1 Å². The van der Waals surface area contributed by atoms with E-state index >= 15 is 0 Å². The molecule has 1 amide bonds. The van der Waals surface area contributed by atoms with Crippen molar-refractivity contribution in [2.45, 2.75) is 19.3 Å². The molecule has 0 aromatic heterocycles. The monoisotopic (exact) mass is 304 g/mol. The average molecular weight is 304 g/mol. The van der Waals surface area contributed by atoms with Gasteiger partial charge in [-0.3, -0.25) is 9.59 Å². The molecule has 0 saturated heterocycles. The second kappa shape index (κ2) is 6.05. The first-order valence-electron chi connectivity index (χ1n) is 7.53. The van der Waals surface area contributed by atoms with Gasteiger partial charge in [-0.1, -0.05) is 48.5 Å². The van der Waals surface area contributed by atoms with Crippen LogP contribution in [0.5, 0.6) is 0 Å². The van der Waals surface area contributed by atoms with Crippen molar-refractivity contribution in [2.75, 3.05) is 5.32 Å². The number of anilines is 1. The molecule has 2 aromatic carbocycles. The number of hydrogen-bond donors (Lipinski definition) is 1. The van der Waals surface area contributed by atoms with E-state index in [1.807, 2.05) is 30.3 Å². The second-order valence-electron chi connectivity index (χ2n) is 5.77. The minimum absolute atomic E-state index is 0.0492. The van der Waals surface area contributed by atoms with Crippen LogP contribution in [0.15, 0.2) is 54.6 Å². The van der Waals surface area contributed by atoms with Crippen LogP contribution in [0.1, 0.15) is 28.8 Å². The van der Waals surface area contributed by atoms with Crippen molar-refractivity contribution in [3.8, 4) is 6.07 Å². The van der Waals surface area contributed by atoms with Crippen LogP contribution in [-0.4, -0.2) is 11.7 Å². The van der Waals surface area contributed by atoms with Gasteiger partial charge >= 0.3 is 0 Å². The zero-order valence-electron chi connectivity index (χ0n) is 12.6. The van der Waals surface area contributed by atoms with Crippen LogP contribution in [-0.2, 0) is 11.2 Å². The summed E-state index contributed by atoms with van der Waals surface area (Å²) in [6.45, 7) is 0. The fourth-order valence-electron chi connectivity index (χ4n) is 2.89. The van der Waals surface area contributed by atoms with E-state index in [-0.39, 0.29) is 24.5 Å². The van der Waals surface area contributed by atoms with Gasteiger partial charge in [-0.15, -0.1) is 0 Å². The van der Waals surface area contributed by atoms with E-state index in [2.05, 4.69) is 11.4 Å². The molecule has 0 bridgehead atoms. The summed E-state index contributed by atoms with van der Waals surface area (Å²) in [5, 5.41) is 12.4. The van der Waals surface area contributed by atoms with E-state index in [0.717, 1.165) is 11.3 Å². The Kier molecular flexibility index (Phi) is 3.94. The summed E-state index contributed by atoms with van der Waals surface area (Å²) in [4.78, 5) is 24.7. The number of para-hydroxylation sites is 1. The molecule has 4 nitrogen and oxygen atoms in total. The fourth-order valence-corrected chi connectivity index (χ4v) is 2.89. The Morgan fingerprint density at radius 3 is 2.57 bits per heavy atom. The molecule has 0 fully saturated rings. The summed E-state index contributed by atoms with van der Waals surface area (Å²) < 4.78 is 0. The van der Waals surface area contributed by atoms with E-state index in [1.54, 1.807) is 24.3 Å². The van der Waals surface area contributed by atoms with Crippen molar-refractivity contribution in [3.63, 3.8) is 0 Å². The maximum absolute atomic E-state index is 12.4. The van der Waals surface area contributed by atoms with Crippen molar-refractivity contribution in [1.29, 1.82) is 5.26 Å². The number of carbonyl (C=O) groups excluding carboxylic acids is 2. The number of rotatable bonds is 4. The minimum atomic E-state index is -1.18. The highest BCUT2D eigenvalue weighted by molar-refractivity contribution is 6.01. The van der Waals surface area contributed by atoms with Gasteiger partial charge in [0.1, 0.15) is 5.41 Å². The summed E-state index contributed by atoms with van der Waals surface area (Å²) >= 11 is 0. The molecule has 0 saturated carbocycles. The molecule has 114 valence electrons. The third kappa shape index (κ3) is 2.86. The largest absolute Gasteiger partial charge is 0.324 e. The molecule has 0 spiro atoms. The molecular formula is C19H16N2O2. The van der Waals surface area contributed by atoms with Gasteiger partial charge in [0.25, 0.3) is 0 Å². The van der Waals surface area contributed by atoms with Crippen molar-refractivity contribution < 1.29 is 9.59 Å². The number of amides is 1. The highest BCUT2D eigenvalue weighted by atomic mass is 16.2. The molecule has 1 heterocycles. The number of hydrogen-bond acceptors (Lipinski definition) is 3. The lowest BCUT2D eigenvalue weighted by molar-refractivity contribution is -0.123. The van der Waals surface area contributed by atoms with Gasteiger partial charge in [-0.05, 0) is 18.1 Å². The Labute approximate surface area is 134 Å². The molecule has 1 atom stereocenters. The number of nitrogens with one attached hydrogen (secondary N) is 1. The predicted molar refractivity (Wildman–Crippen MR) is 86.8 cm³/mol. The number of carbonyl (C=O) groups is 2. The minimum Gasteiger partial charge on any atom is -0.324 e. The van der Waals surface area contributed by atoms with Crippen LogP contribution >= 0.6 is 0 Å². The molecule has 1 aliphatic heterocycles. The SMILES string of the molecule is N#C[C@]1(CCC(=O)c2ccccc2)Cc2ccccc2NC1=O. The van der Waals surface area contributed by atoms with Gasteiger partial charge in [0.15, 0.2) is 5.78 Å². The van der Waals surface area contributed by atoms with Crippen molar-refractivity contribution in [2.24, 2.45) is 5.41 Å². The summed E-state index contributed by atoms with van der Waals surface area (Å²) in [7, 11) is 0. The lowest BCUT2D eigenvalue weighted by Gasteiger charge is -2.31. The molecule has 2 aromatic rings. The third-order valence-corrected chi connectivity index (χ3v) is 4.28. The number of nitrogens with zero attached hydrogens (tertiary/aromatic N) is 1. The normalized spacial score (nSPS) is 19.3. The number of Topliss-reactive ketones (excluding diaryl/α,β-unsaturated/α-hetero) is 1. The van der Waals surface area contributed by atoms with Crippen LogP contribution in [0.4, 0.5) is 5.69 Å². The maximum Gasteiger partial charge on any atom is 0.245 e. The molecule has 1 N–H and O–H groups in total. The molecule has 3 rings (SSSR count). The summed E-state index contributed by atoms with van der Waals surface area (Å²) in [6, 6.07) is 18.5. The van der Waals surface area contributed by atoms with Gasteiger partial charge < -0.3 is 5.32 Å².